The Morgan fingerprint density at radius 2 is 1.74 bits per heavy atom. The van der Waals surface area contributed by atoms with Gasteiger partial charge in [-0.25, -0.2) is 0 Å². The quantitative estimate of drug-likeness (QED) is 0.743. The first-order valence-corrected chi connectivity index (χ1v) is 11.4. The van der Waals surface area contributed by atoms with Gasteiger partial charge in [-0.2, -0.15) is 0 Å². The second kappa shape index (κ2) is 7.88. The van der Waals surface area contributed by atoms with Crippen LogP contribution in [-0.4, -0.2) is 59.9 Å². The lowest BCUT2D eigenvalue weighted by atomic mass is 9.62. The largest absolute Gasteiger partial charge is 0.396 e. The summed E-state index contributed by atoms with van der Waals surface area (Å²) in [5.74, 6) is 0.452. The maximum atomic E-state index is 12.4. The molecule has 1 aromatic carbocycles. The van der Waals surface area contributed by atoms with Crippen molar-refractivity contribution in [1.82, 2.24) is 9.88 Å². The number of nitrogens with zero attached hydrogens (tertiary/aromatic N) is 3. The topological polar surface area (TPSA) is 59.8 Å². The van der Waals surface area contributed by atoms with Crippen LogP contribution in [0.4, 0.5) is 5.69 Å². The van der Waals surface area contributed by atoms with Crippen LogP contribution in [0, 0.1) is 10.8 Å². The maximum absolute atomic E-state index is 12.4. The molecule has 5 nitrogen and oxygen atoms in total. The molecule has 2 N–H and O–H groups in total. The Morgan fingerprint density at radius 1 is 1.06 bits per heavy atom. The van der Waals surface area contributed by atoms with Gasteiger partial charge in [0.15, 0.2) is 0 Å². The Labute approximate surface area is 186 Å². The van der Waals surface area contributed by atoms with Crippen LogP contribution in [0.5, 0.6) is 0 Å². The first-order chi connectivity index (χ1) is 14.6. The smallest absolute Gasteiger partial charge is 0.124 e. The zero-order valence-corrected chi connectivity index (χ0v) is 19.6. The van der Waals surface area contributed by atoms with Gasteiger partial charge in [0.2, 0.25) is 0 Å². The number of anilines is 1. The molecule has 2 aliphatic heterocycles. The number of rotatable bonds is 6. The molecule has 2 aliphatic rings. The van der Waals surface area contributed by atoms with Crippen molar-refractivity contribution < 1.29 is 10.2 Å². The number of benzene rings is 1. The highest BCUT2D eigenvalue weighted by Gasteiger charge is 2.55. The summed E-state index contributed by atoms with van der Waals surface area (Å²) in [6.07, 6.45) is 4.66. The number of aliphatic hydroxyl groups excluding tert-OH is 1. The molecule has 1 aromatic heterocycles. The van der Waals surface area contributed by atoms with Crippen LogP contribution in [0.2, 0.25) is 0 Å². The minimum atomic E-state index is -1.13. The third-order valence-electron chi connectivity index (χ3n) is 7.55. The fraction of sp³-hybridized carbons (Fsp3) is 0.577. The molecule has 2 unspecified atom stereocenters. The number of hydrogen-bond donors (Lipinski definition) is 2. The number of aliphatic hydroxyl groups is 2. The lowest BCUT2D eigenvalue weighted by Gasteiger charge is -2.56. The molecule has 0 aliphatic carbocycles. The minimum Gasteiger partial charge on any atom is -0.396 e. The highest BCUT2D eigenvalue weighted by atomic mass is 16.3. The van der Waals surface area contributed by atoms with Crippen LogP contribution in [-0.2, 0) is 5.60 Å². The van der Waals surface area contributed by atoms with E-state index in [4.69, 9.17) is 0 Å². The number of aromatic nitrogens is 1. The van der Waals surface area contributed by atoms with Crippen molar-refractivity contribution in [2.24, 2.45) is 10.8 Å². The van der Waals surface area contributed by atoms with Crippen LogP contribution < -0.4 is 4.90 Å². The summed E-state index contributed by atoms with van der Waals surface area (Å²) in [6.45, 7) is 12.2. The van der Waals surface area contributed by atoms with Gasteiger partial charge < -0.3 is 20.0 Å². The van der Waals surface area contributed by atoms with E-state index in [-0.39, 0.29) is 17.4 Å². The minimum absolute atomic E-state index is 0.0817. The molecule has 0 spiro atoms. The van der Waals surface area contributed by atoms with Crippen LogP contribution in [0.1, 0.15) is 56.7 Å². The molecule has 2 fully saturated rings. The second-order valence-corrected chi connectivity index (χ2v) is 10.8. The summed E-state index contributed by atoms with van der Waals surface area (Å²) in [6, 6.07) is 10.6. The van der Waals surface area contributed by atoms with Crippen LogP contribution >= 0.6 is 0 Å². The van der Waals surface area contributed by atoms with E-state index in [0.29, 0.717) is 5.92 Å². The summed E-state index contributed by atoms with van der Waals surface area (Å²) in [5, 5.41) is 22.1. The van der Waals surface area contributed by atoms with Crippen molar-refractivity contribution >= 4 is 5.69 Å². The molecular formula is C26H37N3O2. The third kappa shape index (κ3) is 3.77. The molecule has 0 bridgehead atoms. The first kappa shape index (κ1) is 22.3. The fourth-order valence-electron chi connectivity index (χ4n) is 5.52. The molecule has 0 amide bonds. The molecule has 31 heavy (non-hydrogen) atoms. The van der Waals surface area contributed by atoms with Gasteiger partial charge in [0.05, 0.1) is 18.5 Å². The predicted molar refractivity (Wildman–Crippen MR) is 125 cm³/mol. The van der Waals surface area contributed by atoms with E-state index >= 15 is 0 Å². The van der Waals surface area contributed by atoms with Crippen molar-refractivity contribution in [3.8, 4) is 0 Å². The molecule has 2 atom stereocenters. The molecule has 2 saturated heterocycles. The Kier molecular flexibility index (Phi) is 5.65. The van der Waals surface area contributed by atoms with Crippen molar-refractivity contribution in [3.63, 3.8) is 0 Å². The molecule has 3 heterocycles. The van der Waals surface area contributed by atoms with Gasteiger partial charge in [-0.05, 0) is 36.6 Å². The van der Waals surface area contributed by atoms with Crippen molar-refractivity contribution in [2.45, 2.75) is 45.6 Å². The molecule has 4 rings (SSSR count). The lowest BCUT2D eigenvalue weighted by molar-refractivity contribution is -0.127. The van der Waals surface area contributed by atoms with Crippen LogP contribution in [0.25, 0.3) is 0 Å². The Bertz CT molecular complexity index is 923. The van der Waals surface area contributed by atoms with Crippen molar-refractivity contribution in [2.75, 3.05) is 44.7 Å². The monoisotopic (exact) mass is 423 g/mol. The SMILES string of the molecule is CC(C)c1ccc(C(O)(c2cncc(N3CCC(C)(CO)C3)c2)C2(C)CN(C)C2)cc1. The third-order valence-corrected chi connectivity index (χ3v) is 7.55. The van der Waals surface area contributed by atoms with Gasteiger partial charge in [-0.3, -0.25) is 4.98 Å². The van der Waals surface area contributed by atoms with E-state index in [2.05, 4.69) is 79.9 Å². The zero-order chi connectivity index (χ0) is 22.4. The maximum Gasteiger partial charge on any atom is 0.124 e. The summed E-state index contributed by atoms with van der Waals surface area (Å²) < 4.78 is 0. The van der Waals surface area contributed by atoms with E-state index < -0.39 is 5.60 Å². The summed E-state index contributed by atoms with van der Waals surface area (Å²) >= 11 is 0. The average molecular weight is 424 g/mol. The Morgan fingerprint density at radius 3 is 2.29 bits per heavy atom. The zero-order valence-electron chi connectivity index (χ0n) is 19.6. The van der Waals surface area contributed by atoms with Crippen LogP contribution in [0.15, 0.2) is 42.7 Å². The van der Waals surface area contributed by atoms with E-state index in [1.807, 2.05) is 12.4 Å². The van der Waals surface area contributed by atoms with E-state index in [1.165, 1.54) is 5.56 Å². The standard InChI is InChI=1S/C26H37N3O2/c1-19(2)20-6-8-21(9-7-20)26(31,25(4)16-28(5)17-25)22-12-23(14-27-13-22)29-11-10-24(3,15-29)18-30/h6-9,12-14,19,30-31H,10-11,15-18H2,1-5H3. The van der Waals surface area contributed by atoms with Gasteiger partial charge in [-0.15, -0.1) is 0 Å². The molecule has 0 radical (unpaired) electrons. The lowest BCUT2D eigenvalue weighted by Crippen LogP contribution is -2.63. The molecule has 5 heteroatoms. The summed E-state index contributed by atoms with van der Waals surface area (Å²) in [4.78, 5) is 9.08. The van der Waals surface area contributed by atoms with Crippen molar-refractivity contribution in [3.05, 3.63) is 59.4 Å². The molecule has 168 valence electrons. The summed E-state index contributed by atoms with van der Waals surface area (Å²) in [5.41, 5.74) is 2.55. The Hall–Kier alpha value is -1.95. The van der Waals surface area contributed by atoms with Gasteiger partial charge in [-0.1, -0.05) is 52.0 Å². The highest BCUT2D eigenvalue weighted by Crippen LogP contribution is 2.50. The van der Waals surface area contributed by atoms with Crippen LogP contribution in [0.3, 0.4) is 0 Å². The average Bonchev–Trinajstić information content (AvgIpc) is 3.15. The highest BCUT2D eigenvalue weighted by molar-refractivity contribution is 5.52. The second-order valence-electron chi connectivity index (χ2n) is 10.8. The molecule has 0 saturated carbocycles. The molecule has 2 aromatic rings. The fourth-order valence-corrected chi connectivity index (χ4v) is 5.52. The van der Waals surface area contributed by atoms with E-state index in [1.54, 1.807) is 0 Å². The predicted octanol–water partition coefficient (Wildman–Crippen LogP) is 3.60. The van der Waals surface area contributed by atoms with Gasteiger partial charge in [0.1, 0.15) is 5.60 Å². The van der Waals surface area contributed by atoms with Crippen molar-refractivity contribution in [1.29, 1.82) is 0 Å². The summed E-state index contributed by atoms with van der Waals surface area (Å²) in [7, 11) is 2.10. The van der Waals surface area contributed by atoms with Gasteiger partial charge in [0, 0.05) is 48.8 Å². The Balaban J connectivity index is 1.75. The van der Waals surface area contributed by atoms with Gasteiger partial charge >= 0.3 is 0 Å². The number of likely N-dealkylation sites (tertiary alicyclic amines) is 1. The van der Waals surface area contributed by atoms with E-state index in [9.17, 15) is 10.2 Å². The van der Waals surface area contributed by atoms with E-state index in [0.717, 1.165) is 49.4 Å². The normalized spacial score (nSPS) is 25.5. The molecular weight excluding hydrogens is 386 g/mol. The van der Waals surface area contributed by atoms with Gasteiger partial charge in [0.25, 0.3) is 0 Å². The first-order valence-electron chi connectivity index (χ1n) is 11.4. The number of hydrogen-bond acceptors (Lipinski definition) is 5. The number of pyridine rings is 1.